The lowest BCUT2D eigenvalue weighted by atomic mass is 9.92. The van der Waals surface area contributed by atoms with E-state index in [1.54, 1.807) is 0 Å². The second-order valence-corrected chi connectivity index (χ2v) is 12.1. The number of hydrogen-bond donors (Lipinski definition) is 0. The number of nitrogens with zero attached hydrogens (tertiary/aromatic N) is 2. The number of pyridine rings is 2. The van der Waals surface area contributed by atoms with E-state index in [1.165, 1.54) is 16.3 Å². The average molecular weight is 599 g/mol. The molecule has 0 saturated heterocycles. The molecule has 7 aromatic carbocycles. The first kappa shape index (κ1) is 26.0. The molecule has 0 atom stereocenters. The molecule has 0 unspecified atom stereocenters. The maximum Gasteiger partial charge on any atom is 0.143 e. The van der Waals surface area contributed by atoms with Crippen molar-refractivity contribution in [2.24, 2.45) is 0 Å². The van der Waals surface area contributed by atoms with Gasteiger partial charge in [0.2, 0.25) is 0 Å². The molecule has 0 amide bonds. The normalized spacial score (nSPS) is 11.8. The van der Waals surface area contributed by atoms with Gasteiger partial charge < -0.3 is 4.42 Å². The molecule has 0 aliphatic heterocycles. The van der Waals surface area contributed by atoms with Crippen LogP contribution in [0.2, 0.25) is 0 Å². The predicted molar refractivity (Wildman–Crippen MR) is 196 cm³/mol. The summed E-state index contributed by atoms with van der Waals surface area (Å²) in [6.45, 7) is 0. The third-order valence-corrected chi connectivity index (χ3v) is 9.45. The number of fused-ring (bicyclic) bond motifs is 9. The van der Waals surface area contributed by atoms with E-state index in [0.717, 1.165) is 82.6 Å². The zero-order chi connectivity index (χ0) is 30.9. The van der Waals surface area contributed by atoms with Crippen LogP contribution >= 0.6 is 0 Å². The van der Waals surface area contributed by atoms with Crippen molar-refractivity contribution in [2.45, 2.75) is 0 Å². The van der Waals surface area contributed by atoms with Gasteiger partial charge in [0.25, 0.3) is 0 Å². The van der Waals surface area contributed by atoms with E-state index >= 15 is 0 Å². The van der Waals surface area contributed by atoms with Crippen molar-refractivity contribution in [3.63, 3.8) is 0 Å². The average Bonchev–Trinajstić information content (AvgIpc) is 3.53. The quantitative estimate of drug-likeness (QED) is 0.190. The Labute approximate surface area is 270 Å². The van der Waals surface area contributed by atoms with E-state index in [-0.39, 0.29) is 0 Å². The summed E-state index contributed by atoms with van der Waals surface area (Å²) in [7, 11) is 0. The fourth-order valence-electron chi connectivity index (χ4n) is 7.23. The van der Waals surface area contributed by atoms with Crippen LogP contribution in [0.3, 0.4) is 0 Å². The number of benzene rings is 7. The Kier molecular flexibility index (Phi) is 5.57. The van der Waals surface area contributed by atoms with Crippen molar-refractivity contribution in [3.05, 3.63) is 158 Å². The van der Waals surface area contributed by atoms with Crippen LogP contribution in [0.5, 0.6) is 0 Å². The van der Waals surface area contributed by atoms with E-state index in [9.17, 15) is 0 Å². The van der Waals surface area contributed by atoms with Crippen molar-refractivity contribution >= 4 is 65.3 Å². The third kappa shape index (κ3) is 4.00. The highest BCUT2D eigenvalue weighted by Gasteiger charge is 2.19. The molecule has 10 aromatic rings. The molecule has 0 saturated carbocycles. The first-order valence-corrected chi connectivity index (χ1v) is 15.9. The van der Waals surface area contributed by atoms with Crippen LogP contribution in [0.25, 0.3) is 98.9 Å². The number of furan rings is 1. The van der Waals surface area contributed by atoms with Gasteiger partial charge in [0.1, 0.15) is 11.2 Å². The Morgan fingerprint density at radius 2 is 1.00 bits per heavy atom. The fourth-order valence-corrected chi connectivity index (χ4v) is 7.23. The Balaban J connectivity index is 1.26. The van der Waals surface area contributed by atoms with Crippen LogP contribution in [0.15, 0.2) is 162 Å². The van der Waals surface area contributed by atoms with Gasteiger partial charge in [0.05, 0.1) is 22.4 Å². The zero-order valence-electron chi connectivity index (χ0n) is 25.3. The molecule has 10 rings (SSSR count). The molecule has 0 spiro atoms. The SMILES string of the molecule is c1ccc(-c2ccc3ccc4ccc(-c5cc6c(oc7cccc(-c8cccc9ccccc89)c76)c6ccccc56)nc4c3n2)cc1. The van der Waals surface area contributed by atoms with E-state index < -0.39 is 0 Å². The van der Waals surface area contributed by atoms with Gasteiger partial charge >= 0.3 is 0 Å². The lowest BCUT2D eigenvalue weighted by Crippen LogP contribution is -1.92. The first-order chi connectivity index (χ1) is 23.3. The molecule has 0 aliphatic carbocycles. The van der Waals surface area contributed by atoms with Gasteiger partial charge in [-0.25, -0.2) is 9.97 Å². The highest BCUT2D eigenvalue weighted by molar-refractivity contribution is 6.23. The van der Waals surface area contributed by atoms with Gasteiger partial charge in [-0.15, -0.1) is 0 Å². The summed E-state index contributed by atoms with van der Waals surface area (Å²) in [5.74, 6) is 0. The Morgan fingerprint density at radius 1 is 0.383 bits per heavy atom. The zero-order valence-corrected chi connectivity index (χ0v) is 25.3. The highest BCUT2D eigenvalue weighted by Crippen LogP contribution is 2.44. The molecule has 47 heavy (non-hydrogen) atoms. The Hall–Kier alpha value is -6.32. The maximum atomic E-state index is 6.68. The highest BCUT2D eigenvalue weighted by atomic mass is 16.3. The van der Waals surface area contributed by atoms with Crippen LogP contribution in [0.1, 0.15) is 0 Å². The minimum absolute atomic E-state index is 0.878. The third-order valence-electron chi connectivity index (χ3n) is 9.45. The van der Waals surface area contributed by atoms with Crippen LogP contribution in [0, 0.1) is 0 Å². The molecule has 3 heteroatoms. The van der Waals surface area contributed by atoms with Gasteiger partial charge in [0.15, 0.2) is 0 Å². The van der Waals surface area contributed by atoms with Crippen molar-refractivity contribution < 1.29 is 4.42 Å². The van der Waals surface area contributed by atoms with Crippen LogP contribution in [-0.4, -0.2) is 9.97 Å². The Bertz CT molecular complexity index is 2840. The van der Waals surface area contributed by atoms with Gasteiger partial charge in [-0.2, -0.15) is 0 Å². The summed E-state index contributed by atoms with van der Waals surface area (Å²) >= 11 is 0. The minimum Gasteiger partial charge on any atom is -0.455 e. The van der Waals surface area contributed by atoms with Crippen LogP contribution in [0.4, 0.5) is 0 Å². The summed E-state index contributed by atoms with van der Waals surface area (Å²) in [6.07, 6.45) is 0. The molecule has 0 bridgehead atoms. The standard InChI is InChI=1S/C44H26N2O/c1-2-11-28(12-3-1)38-24-22-29-20-21-30-23-25-39(46-43(30)42(29)45-38)36-26-37-41-34(32-17-8-13-27-10-4-5-14-31(27)32)18-9-19-40(41)47-44(37)35-16-7-6-15-33(35)36/h1-26H. The van der Waals surface area contributed by atoms with Gasteiger partial charge in [-0.3, -0.25) is 0 Å². The second-order valence-electron chi connectivity index (χ2n) is 12.1. The topological polar surface area (TPSA) is 38.9 Å². The lowest BCUT2D eigenvalue weighted by molar-refractivity contribution is 0.673. The predicted octanol–water partition coefficient (Wildman–Crippen LogP) is 12.0. The number of hydrogen-bond acceptors (Lipinski definition) is 3. The summed E-state index contributed by atoms with van der Waals surface area (Å²) in [5.41, 5.74) is 9.95. The summed E-state index contributed by atoms with van der Waals surface area (Å²) in [6, 6.07) is 55.4. The van der Waals surface area contributed by atoms with E-state index in [2.05, 4.69) is 140 Å². The van der Waals surface area contributed by atoms with Crippen LogP contribution in [-0.2, 0) is 0 Å². The smallest absolute Gasteiger partial charge is 0.143 e. The lowest BCUT2D eigenvalue weighted by Gasteiger charge is -2.11. The maximum absolute atomic E-state index is 6.68. The monoisotopic (exact) mass is 598 g/mol. The van der Waals surface area contributed by atoms with E-state index in [0.29, 0.717) is 0 Å². The fraction of sp³-hybridized carbons (Fsp3) is 0. The largest absolute Gasteiger partial charge is 0.455 e. The van der Waals surface area contributed by atoms with Crippen LogP contribution < -0.4 is 0 Å². The molecule has 218 valence electrons. The molecule has 3 nitrogen and oxygen atoms in total. The van der Waals surface area contributed by atoms with Crippen molar-refractivity contribution in [1.29, 1.82) is 0 Å². The summed E-state index contributed by atoms with van der Waals surface area (Å²) < 4.78 is 6.68. The van der Waals surface area contributed by atoms with E-state index in [4.69, 9.17) is 14.4 Å². The van der Waals surface area contributed by atoms with Crippen molar-refractivity contribution in [1.82, 2.24) is 9.97 Å². The molecule has 0 radical (unpaired) electrons. The Morgan fingerprint density at radius 3 is 1.83 bits per heavy atom. The second kappa shape index (κ2) is 10.1. The molecule has 3 heterocycles. The van der Waals surface area contributed by atoms with Gasteiger partial charge in [0, 0.05) is 38.1 Å². The molecule has 3 aromatic heterocycles. The number of aromatic nitrogens is 2. The first-order valence-electron chi connectivity index (χ1n) is 15.9. The number of rotatable bonds is 3. The summed E-state index contributed by atoms with van der Waals surface area (Å²) in [4.78, 5) is 10.5. The molecule has 0 aliphatic rings. The molecule has 0 fully saturated rings. The minimum atomic E-state index is 0.878. The van der Waals surface area contributed by atoms with Crippen molar-refractivity contribution in [2.75, 3.05) is 0 Å². The van der Waals surface area contributed by atoms with E-state index in [1.807, 2.05) is 18.2 Å². The molecule has 0 N–H and O–H groups in total. The van der Waals surface area contributed by atoms with Gasteiger partial charge in [-0.05, 0) is 51.6 Å². The summed E-state index contributed by atoms with van der Waals surface area (Å²) in [5, 5.41) is 8.97. The molecular formula is C44H26N2O. The van der Waals surface area contributed by atoms with Gasteiger partial charge in [-0.1, -0.05) is 133 Å². The molecular weight excluding hydrogens is 572 g/mol. The van der Waals surface area contributed by atoms with Crippen molar-refractivity contribution in [3.8, 4) is 33.6 Å².